The van der Waals surface area contributed by atoms with Crippen molar-refractivity contribution in [3.63, 3.8) is 0 Å². The number of piperidine rings is 1. The molecule has 1 unspecified atom stereocenters. The summed E-state index contributed by atoms with van der Waals surface area (Å²) in [5, 5.41) is 12.9. The van der Waals surface area contributed by atoms with E-state index >= 15 is 0 Å². The molecule has 6 heteroatoms. The van der Waals surface area contributed by atoms with Crippen molar-refractivity contribution in [1.29, 1.82) is 0 Å². The van der Waals surface area contributed by atoms with Gasteiger partial charge in [-0.1, -0.05) is 0 Å². The molecule has 2 N–H and O–H groups in total. The quantitative estimate of drug-likeness (QED) is 0.461. The number of aliphatic hydroxyl groups is 1. The number of ether oxygens (including phenoxy) is 1. The summed E-state index contributed by atoms with van der Waals surface area (Å²) in [6.45, 7) is 13.5. The Morgan fingerprint density at radius 1 is 1.27 bits per heavy atom. The van der Waals surface area contributed by atoms with Crippen LogP contribution in [0.4, 0.5) is 4.79 Å². The fraction of sp³-hybridized carbons (Fsp3) is 0.938. The molecule has 6 nitrogen and oxygen atoms in total. The summed E-state index contributed by atoms with van der Waals surface area (Å²) < 4.78 is 5.37. The van der Waals surface area contributed by atoms with Crippen molar-refractivity contribution in [2.45, 2.75) is 96.6 Å². The lowest BCUT2D eigenvalue weighted by molar-refractivity contribution is -0.324. The van der Waals surface area contributed by atoms with Crippen LogP contribution in [-0.4, -0.2) is 40.1 Å². The fourth-order valence-electron chi connectivity index (χ4n) is 3.36. The van der Waals surface area contributed by atoms with E-state index in [4.69, 9.17) is 14.5 Å². The Labute approximate surface area is 133 Å². The number of nitrogens with one attached hydrogen (secondary N) is 1. The van der Waals surface area contributed by atoms with Crippen molar-refractivity contribution in [2.75, 3.05) is 0 Å². The van der Waals surface area contributed by atoms with Gasteiger partial charge in [0, 0.05) is 30.3 Å². The van der Waals surface area contributed by atoms with Crippen LogP contribution in [0.1, 0.15) is 67.7 Å². The molecule has 1 atom stereocenters. The van der Waals surface area contributed by atoms with Crippen LogP contribution in [0.15, 0.2) is 0 Å². The number of carbonyl (C=O) groups is 1. The van der Waals surface area contributed by atoms with Gasteiger partial charge in [-0.3, -0.25) is 4.89 Å². The lowest BCUT2D eigenvalue weighted by Gasteiger charge is -2.45. The Bertz CT molecular complexity index is 374. The van der Waals surface area contributed by atoms with Gasteiger partial charge in [0.1, 0.15) is 11.7 Å². The second-order valence-electron chi connectivity index (χ2n) is 8.27. The first-order valence-corrected chi connectivity index (χ1v) is 7.84. The maximum absolute atomic E-state index is 11.8. The van der Waals surface area contributed by atoms with Crippen molar-refractivity contribution in [3.05, 3.63) is 0 Å². The molecule has 0 aliphatic carbocycles. The first-order valence-electron chi connectivity index (χ1n) is 7.84. The van der Waals surface area contributed by atoms with Gasteiger partial charge in [-0.2, -0.15) is 4.89 Å². The van der Waals surface area contributed by atoms with Crippen molar-refractivity contribution in [2.24, 2.45) is 0 Å². The second kappa shape index (κ2) is 6.72. The number of hydrogen-bond acceptors (Lipinski definition) is 6. The van der Waals surface area contributed by atoms with Crippen LogP contribution in [0.5, 0.6) is 0 Å². The van der Waals surface area contributed by atoms with Crippen molar-refractivity contribution in [1.82, 2.24) is 5.32 Å². The number of aliphatic hydroxyl groups excluding tert-OH is 1. The smallest absolute Gasteiger partial charge is 0.429 e. The number of rotatable bonds is 5. The Morgan fingerprint density at radius 2 is 1.77 bits per heavy atom. The van der Waals surface area contributed by atoms with Gasteiger partial charge >= 0.3 is 6.16 Å². The largest absolute Gasteiger partial charge is 0.540 e. The molecule has 130 valence electrons. The van der Waals surface area contributed by atoms with Gasteiger partial charge in [0.15, 0.2) is 0 Å². The highest BCUT2D eigenvalue weighted by Gasteiger charge is 2.40. The Balaban J connectivity index is 2.48. The summed E-state index contributed by atoms with van der Waals surface area (Å²) in [5.74, 6) is 0. The molecule has 1 heterocycles. The number of carbonyl (C=O) groups excluding carboxylic acids is 1. The molecule has 0 aromatic rings. The Kier molecular flexibility index (Phi) is 5.87. The molecule has 0 saturated carbocycles. The molecule has 22 heavy (non-hydrogen) atoms. The third-order valence-electron chi connectivity index (χ3n) is 3.54. The van der Waals surface area contributed by atoms with E-state index in [1.165, 1.54) is 0 Å². The summed E-state index contributed by atoms with van der Waals surface area (Å²) in [6.07, 6.45) is 0.179. The fourth-order valence-corrected chi connectivity index (χ4v) is 3.36. The first-order chi connectivity index (χ1) is 9.80. The lowest BCUT2D eigenvalue weighted by Crippen LogP contribution is -2.59. The molecule has 1 fully saturated rings. The molecular formula is C16H31NO5. The van der Waals surface area contributed by atoms with E-state index < -0.39 is 17.9 Å². The van der Waals surface area contributed by atoms with Crippen LogP contribution in [0.3, 0.4) is 0 Å². The van der Waals surface area contributed by atoms with Gasteiger partial charge in [-0.15, -0.1) is 0 Å². The minimum Gasteiger partial charge on any atom is -0.429 e. The number of hydrogen-bond donors (Lipinski definition) is 2. The molecule has 0 spiro atoms. The van der Waals surface area contributed by atoms with Gasteiger partial charge in [0.05, 0.1) is 6.10 Å². The predicted molar refractivity (Wildman–Crippen MR) is 83.3 cm³/mol. The maximum atomic E-state index is 11.8. The van der Waals surface area contributed by atoms with Gasteiger partial charge in [0.2, 0.25) is 0 Å². The molecule has 0 radical (unpaired) electrons. The normalized spacial score (nSPS) is 22.9. The minimum absolute atomic E-state index is 0.112. The Morgan fingerprint density at radius 3 is 2.23 bits per heavy atom. The van der Waals surface area contributed by atoms with E-state index in [0.717, 1.165) is 0 Å². The summed E-state index contributed by atoms with van der Waals surface area (Å²) in [6, 6.07) is 0. The summed E-state index contributed by atoms with van der Waals surface area (Å²) in [5.41, 5.74) is -0.988. The van der Waals surface area contributed by atoms with Crippen LogP contribution in [0, 0.1) is 0 Å². The van der Waals surface area contributed by atoms with Gasteiger partial charge < -0.3 is 15.2 Å². The van der Waals surface area contributed by atoms with Crippen molar-refractivity contribution in [3.8, 4) is 0 Å². The molecule has 0 aromatic carbocycles. The molecule has 0 amide bonds. The monoisotopic (exact) mass is 317 g/mol. The zero-order valence-electron chi connectivity index (χ0n) is 14.9. The third kappa shape index (κ3) is 6.94. The Hall–Kier alpha value is -0.850. The van der Waals surface area contributed by atoms with E-state index in [2.05, 4.69) is 33.0 Å². The van der Waals surface area contributed by atoms with Gasteiger partial charge in [-0.05, 0) is 48.5 Å². The molecule has 0 aromatic heterocycles. The second-order valence-corrected chi connectivity index (χ2v) is 8.27. The van der Waals surface area contributed by atoms with Crippen LogP contribution in [0.2, 0.25) is 0 Å². The van der Waals surface area contributed by atoms with Crippen molar-refractivity contribution < 1.29 is 24.4 Å². The highest BCUT2D eigenvalue weighted by molar-refractivity contribution is 5.59. The molecule has 1 aliphatic rings. The van der Waals surface area contributed by atoms with Crippen LogP contribution in [-0.2, 0) is 14.5 Å². The molecule has 1 rings (SSSR count). The van der Waals surface area contributed by atoms with E-state index in [1.54, 1.807) is 20.8 Å². The average Bonchev–Trinajstić information content (AvgIpc) is 2.19. The first kappa shape index (κ1) is 19.2. The summed E-state index contributed by atoms with van der Waals surface area (Å²) >= 11 is 0. The van der Waals surface area contributed by atoms with Gasteiger partial charge in [0.25, 0.3) is 0 Å². The third-order valence-corrected chi connectivity index (χ3v) is 3.54. The highest BCUT2D eigenvalue weighted by atomic mass is 17.2. The SMILES string of the molecule is CC(O)CC(C)(C)OOC(=O)OC1CC(C)(C)NC(C)(C)C1. The van der Waals surface area contributed by atoms with Crippen molar-refractivity contribution >= 4 is 6.16 Å². The van der Waals surface area contributed by atoms with E-state index in [1.807, 2.05) is 0 Å². The van der Waals surface area contributed by atoms with Crippen LogP contribution >= 0.6 is 0 Å². The maximum Gasteiger partial charge on any atom is 0.540 e. The molecule has 1 saturated heterocycles. The minimum atomic E-state index is -0.836. The highest BCUT2D eigenvalue weighted by Crippen LogP contribution is 2.30. The molecule has 1 aliphatic heterocycles. The summed E-state index contributed by atoms with van der Waals surface area (Å²) in [7, 11) is 0. The average molecular weight is 317 g/mol. The van der Waals surface area contributed by atoms with E-state index in [-0.39, 0.29) is 17.2 Å². The topological polar surface area (TPSA) is 77.0 Å². The lowest BCUT2D eigenvalue weighted by atomic mass is 9.81. The van der Waals surface area contributed by atoms with E-state index in [0.29, 0.717) is 19.3 Å². The molecule has 0 bridgehead atoms. The van der Waals surface area contributed by atoms with E-state index in [9.17, 15) is 9.90 Å². The van der Waals surface area contributed by atoms with Crippen LogP contribution < -0.4 is 5.32 Å². The molecular weight excluding hydrogens is 286 g/mol. The predicted octanol–water partition coefficient (Wildman–Crippen LogP) is 2.93. The zero-order valence-corrected chi connectivity index (χ0v) is 14.9. The van der Waals surface area contributed by atoms with Crippen LogP contribution in [0.25, 0.3) is 0 Å². The summed E-state index contributed by atoms with van der Waals surface area (Å²) in [4.78, 5) is 21.7. The van der Waals surface area contributed by atoms with Gasteiger partial charge in [-0.25, -0.2) is 4.79 Å². The standard InChI is InChI=1S/C16H31NO5/c1-11(18)8-16(6,7)22-21-13(19)20-12-9-14(2,3)17-15(4,5)10-12/h11-12,17-18H,8-10H2,1-7H3. The zero-order chi connectivity index (χ0) is 17.2.